The number of hydrogen-bond donors (Lipinski definition) is 1. The van der Waals surface area contributed by atoms with Gasteiger partial charge in [-0.3, -0.25) is 4.79 Å². The topological polar surface area (TPSA) is 47.6 Å². The normalized spacial score (nSPS) is 12.3. The van der Waals surface area contributed by atoms with E-state index >= 15 is 0 Å². The third kappa shape index (κ3) is 2.99. The molecule has 0 spiro atoms. The van der Waals surface area contributed by atoms with E-state index in [0.717, 1.165) is 11.1 Å². The number of aryl methyl sites for hydroxylation is 2. The molecule has 1 amide bonds. The van der Waals surface area contributed by atoms with Crippen LogP contribution in [-0.2, 0) is 11.2 Å². The monoisotopic (exact) mass is 283 g/mol. The lowest BCUT2D eigenvalue weighted by Gasteiger charge is -2.09. The molecule has 0 saturated heterocycles. The minimum absolute atomic E-state index is 0.0409. The standard InChI is InChI=1S/C17H17NO3/c1-11-3-4-13(12(2)7-11)8-17(19)18-14-5-6-15-16(9-14)21-10-20-15/h3-7,9H,8,10H2,1-2H3,(H,18,19). The minimum Gasteiger partial charge on any atom is -0.454 e. The fourth-order valence-corrected chi connectivity index (χ4v) is 2.40. The molecule has 0 aromatic heterocycles. The second kappa shape index (κ2) is 5.48. The van der Waals surface area contributed by atoms with Gasteiger partial charge in [0.2, 0.25) is 12.7 Å². The highest BCUT2D eigenvalue weighted by atomic mass is 16.7. The van der Waals surface area contributed by atoms with Crippen LogP contribution in [0.4, 0.5) is 5.69 Å². The van der Waals surface area contributed by atoms with Crippen molar-refractivity contribution in [2.45, 2.75) is 20.3 Å². The highest BCUT2D eigenvalue weighted by Crippen LogP contribution is 2.34. The molecule has 3 rings (SSSR count). The number of nitrogens with one attached hydrogen (secondary N) is 1. The van der Waals surface area contributed by atoms with Gasteiger partial charge in [0.15, 0.2) is 11.5 Å². The van der Waals surface area contributed by atoms with Crippen molar-refractivity contribution in [2.24, 2.45) is 0 Å². The first-order chi connectivity index (χ1) is 10.1. The van der Waals surface area contributed by atoms with E-state index in [2.05, 4.69) is 11.4 Å². The summed E-state index contributed by atoms with van der Waals surface area (Å²) in [6, 6.07) is 11.5. The molecule has 4 heteroatoms. The van der Waals surface area contributed by atoms with E-state index in [0.29, 0.717) is 23.6 Å². The Hall–Kier alpha value is -2.49. The summed E-state index contributed by atoms with van der Waals surface area (Å²) in [5.41, 5.74) is 4.09. The molecular weight excluding hydrogens is 266 g/mol. The largest absolute Gasteiger partial charge is 0.454 e. The predicted octanol–water partition coefficient (Wildman–Crippen LogP) is 3.21. The van der Waals surface area contributed by atoms with E-state index in [-0.39, 0.29) is 12.7 Å². The van der Waals surface area contributed by atoms with Crippen molar-refractivity contribution in [1.29, 1.82) is 0 Å². The summed E-state index contributed by atoms with van der Waals surface area (Å²) in [5, 5.41) is 2.89. The summed E-state index contributed by atoms with van der Waals surface area (Å²) in [6.45, 7) is 4.30. The zero-order chi connectivity index (χ0) is 14.8. The summed E-state index contributed by atoms with van der Waals surface area (Å²) in [4.78, 5) is 12.1. The summed E-state index contributed by atoms with van der Waals surface area (Å²) >= 11 is 0. The Bertz CT molecular complexity index is 694. The fraction of sp³-hybridized carbons (Fsp3) is 0.235. The molecule has 2 aromatic carbocycles. The van der Waals surface area contributed by atoms with E-state index in [1.807, 2.05) is 32.0 Å². The van der Waals surface area contributed by atoms with Gasteiger partial charge in [-0.15, -0.1) is 0 Å². The average Bonchev–Trinajstić information content (AvgIpc) is 2.89. The molecule has 4 nitrogen and oxygen atoms in total. The smallest absolute Gasteiger partial charge is 0.231 e. The van der Waals surface area contributed by atoms with Gasteiger partial charge in [0, 0.05) is 11.8 Å². The molecule has 0 atom stereocenters. The third-order valence-corrected chi connectivity index (χ3v) is 3.51. The number of amides is 1. The van der Waals surface area contributed by atoms with Crippen LogP contribution in [0.3, 0.4) is 0 Å². The Kier molecular flexibility index (Phi) is 3.52. The van der Waals surface area contributed by atoms with Gasteiger partial charge in [0.25, 0.3) is 0 Å². The van der Waals surface area contributed by atoms with Crippen molar-refractivity contribution in [1.82, 2.24) is 0 Å². The molecule has 108 valence electrons. The average molecular weight is 283 g/mol. The van der Waals surface area contributed by atoms with Crippen molar-refractivity contribution >= 4 is 11.6 Å². The highest BCUT2D eigenvalue weighted by molar-refractivity contribution is 5.92. The van der Waals surface area contributed by atoms with Crippen molar-refractivity contribution in [2.75, 3.05) is 12.1 Å². The maximum Gasteiger partial charge on any atom is 0.231 e. The number of rotatable bonds is 3. The summed E-state index contributed by atoms with van der Waals surface area (Å²) in [7, 11) is 0. The van der Waals surface area contributed by atoms with E-state index in [4.69, 9.17) is 9.47 Å². The molecule has 0 bridgehead atoms. The molecular formula is C17H17NO3. The summed E-state index contributed by atoms with van der Waals surface area (Å²) in [6.07, 6.45) is 0.362. The van der Waals surface area contributed by atoms with Crippen LogP contribution in [0, 0.1) is 13.8 Å². The molecule has 1 N–H and O–H groups in total. The Morgan fingerprint density at radius 2 is 1.90 bits per heavy atom. The van der Waals surface area contributed by atoms with Gasteiger partial charge in [-0.05, 0) is 37.1 Å². The quantitative estimate of drug-likeness (QED) is 0.941. The molecule has 0 radical (unpaired) electrons. The van der Waals surface area contributed by atoms with Gasteiger partial charge in [-0.25, -0.2) is 0 Å². The summed E-state index contributed by atoms with van der Waals surface area (Å²) < 4.78 is 10.5. The molecule has 0 saturated carbocycles. The van der Waals surface area contributed by atoms with Gasteiger partial charge < -0.3 is 14.8 Å². The van der Waals surface area contributed by atoms with E-state index in [9.17, 15) is 4.79 Å². The minimum atomic E-state index is -0.0409. The van der Waals surface area contributed by atoms with Crippen molar-refractivity contribution < 1.29 is 14.3 Å². The maximum absolute atomic E-state index is 12.1. The maximum atomic E-state index is 12.1. The van der Waals surface area contributed by atoms with E-state index in [1.54, 1.807) is 12.1 Å². The third-order valence-electron chi connectivity index (χ3n) is 3.51. The molecule has 1 aliphatic heterocycles. The first kappa shape index (κ1) is 13.5. The molecule has 0 fully saturated rings. The first-order valence-electron chi connectivity index (χ1n) is 6.87. The molecule has 0 aliphatic carbocycles. The van der Waals surface area contributed by atoms with Crippen molar-refractivity contribution in [3.8, 4) is 11.5 Å². The molecule has 21 heavy (non-hydrogen) atoms. The van der Waals surface area contributed by atoms with Crippen molar-refractivity contribution in [3.05, 3.63) is 53.1 Å². The van der Waals surface area contributed by atoms with Crippen LogP contribution >= 0.6 is 0 Å². The lowest BCUT2D eigenvalue weighted by molar-refractivity contribution is -0.115. The number of hydrogen-bond acceptors (Lipinski definition) is 3. The number of carbonyl (C=O) groups is 1. The lowest BCUT2D eigenvalue weighted by atomic mass is 10.0. The number of benzene rings is 2. The van der Waals surface area contributed by atoms with E-state index in [1.165, 1.54) is 5.56 Å². The zero-order valence-electron chi connectivity index (χ0n) is 12.1. The van der Waals surface area contributed by atoms with Crippen LogP contribution in [-0.4, -0.2) is 12.7 Å². The van der Waals surface area contributed by atoms with Crippen LogP contribution in [0.1, 0.15) is 16.7 Å². The van der Waals surface area contributed by atoms with Gasteiger partial charge in [-0.1, -0.05) is 23.8 Å². The lowest BCUT2D eigenvalue weighted by Crippen LogP contribution is -2.15. The Morgan fingerprint density at radius 1 is 1.10 bits per heavy atom. The fourth-order valence-electron chi connectivity index (χ4n) is 2.40. The number of carbonyl (C=O) groups excluding carboxylic acids is 1. The van der Waals surface area contributed by atoms with Crippen molar-refractivity contribution in [3.63, 3.8) is 0 Å². The molecule has 2 aromatic rings. The highest BCUT2D eigenvalue weighted by Gasteiger charge is 2.14. The number of anilines is 1. The number of ether oxygens (including phenoxy) is 2. The summed E-state index contributed by atoms with van der Waals surface area (Å²) in [5.74, 6) is 1.34. The van der Waals surface area contributed by atoms with Crippen LogP contribution in [0.5, 0.6) is 11.5 Å². The van der Waals surface area contributed by atoms with Crippen LogP contribution in [0.2, 0.25) is 0 Å². The number of fused-ring (bicyclic) bond motifs is 1. The van der Waals surface area contributed by atoms with E-state index < -0.39 is 0 Å². The van der Waals surface area contributed by atoms with Crippen LogP contribution in [0.25, 0.3) is 0 Å². The second-order valence-corrected chi connectivity index (χ2v) is 5.22. The predicted molar refractivity (Wildman–Crippen MR) is 80.8 cm³/mol. The zero-order valence-corrected chi connectivity index (χ0v) is 12.1. The van der Waals surface area contributed by atoms with Gasteiger partial charge in [-0.2, -0.15) is 0 Å². The SMILES string of the molecule is Cc1ccc(CC(=O)Nc2ccc3c(c2)OCO3)c(C)c1. The molecule has 0 unspecified atom stereocenters. The van der Waals surface area contributed by atoms with Gasteiger partial charge in [0.1, 0.15) is 0 Å². The van der Waals surface area contributed by atoms with Gasteiger partial charge in [0.05, 0.1) is 6.42 Å². The molecule has 1 heterocycles. The Labute approximate surface area is 123 Å². The molecule has 1 aliphatic rings. The van der Waals surface area contributed by atoms with Crippen LogP contribution < -0.4 is 14.8 Å². The van der Waals surface area contributed by atoms with Gasteiger partial charge >= 0.3 is 0 Å². The first-order valence-corrected chi connectivity index (χ1v) is 6.87. The van der Waals surface area contributed by atoms with Crippen LogP contribution in [0.15, 0.2) is 36.4 Å². The Balaban J connectivity index is 1.69. The second-order valence-electron chi connectivity index (χ2n) is 5.22. The Morgan fingerprint density at radius 3 is 2.71 bits per heavy atom.